The second kappa shape index (κ2) is 5.44. The molecule has 1 aromatic rings. The van der Waals surface area contributed by atoms with Crippen molar-refractivity contribution in [3.8, 4) is 0 Å². The van der Waals surface area contributed by atoms with E-state index in [1.165, 1.54) is 11.3 Å². The second-order valence-corrected chi connectivity index (χ2v) is 2.23. The van der Waals surface area contributed by atoms with E-state index in [0.717, 1.165) is 0 Å². The Bertz CT molecular complexity index is 185. The summed E-state index contributed by atoms with van der Waals surface area (Å²) in [6.07, 6.45) is 0. The van der Waals surface area contributed by atoms with Crippen LogP contribution in [0.2, 0.25) is 0 Å². The van der Waals surface area contributed by atoms with E-state index >= 15 is 0 Å². The number of rotatable bonds is 1. The molecule has 0 aliphatic heterocycles. The third-order valence-electron chi connectivity index (χ3n) is 0.732. The van der Waals surface area contributed by atoms with Gasteiger partial charge >= 0.3 is 5.97 Å². The monoisotopic (exact) mass is 209 g/mol. The van der Waals surface area contributed by atoms with Crippen molar-refractivity contribution >= 4 is 17.3 Å². The smallest absolute Gasteiger partial charge is 0.345 e. The van der Waals surface area contributed by atoms with Crippen LogP contribution in [0.1, 0.15) is 9.67 Å². The molecule has 0 bridgehead atoms. The van der Waals surface area contributed by atoms with Gasteiger partial charge in [-0.15, -0.1) is 11.3 Å². The van der Waals surface area contributed by atoms with Gasteiger partial charge in [-0.2, -0.15) is 0 Å². The first-order chi connectivity index (χ1) is 3.80. The molecular formula is C5H6CuO3S. The fourth-order valence-corrected chi connectivity index (χ4v) is 0.962. The van der Waals surface area contributed by atoms with E-state index in [-0.39, 0.29) is 22.5 Å². The zero-order valence-electron chi connectivity index (χ0n) is 4.80. The molecule has 1 rings (SSSR count). The van der Waals surface area contributed by atoms with Crippen molar-refractivity contribution in [2.45, 2.75) is 0 Å². The molecular weight excluding hydrogens is 204 g/mol. The van der Waals surface area contributed by atoms with Crippen LogP contribution in [0.4, 0.5) is 0 Å². The molecule has 0 amide bonds. The average Bonchev–Trinajstić information content (AvgIpc) is 2.12. The minimum absolute atomic E-state index is 0. The van der Waals surface area contributed by atoms with Gasteiger partial charge in [-0.25, -0.2) is 4.79 Å². The van der Waals surface area contributed by atoms with Crippen LogP contribution in [-0.4, -0.2) is 16.6 Å². The average molecular weight is 210 g/mol. The third-order valence-corrected chi connectivity index (χ3v) is 1.59. The molecule has 0 unspecified atom stereocenters. The molecule has 5 heteroatoms. The molecule has 0 saturated carbocycles. The van der Waals surface area contributed by atoms with Crippen LogP contribution < -0.4 is 0 Å². The van der Waals surface area contributed by atoms with Crippen LogP contribution in [0, 0.1) is 0 Å². The predicted octanol–water partition coefficient (Wildman–Crippen LogP) is 0.619. The maximum absolute atomic E-state index is 10.1. The normalized spacial score (nSPS) is 7.20. The standard InChI is InChI=1S/C5H4O2S.Cu.H2O/c6-5(7)4-2-1-3-8-4;;/h1-3H,(H,6,7);;1H2. The first-order valence-corrected chi connectivity index (χ1v) is 2.95. The Morgan fingerprint density at radius 2 is 2.20 bits per heavy atom. The Morgan fingerprint density at radius 1 is 1.60 bits per heavy atom. The summed E-state index contributed by atoms with van der Waals surface area (Å²) in [7, 11) is 0. The van der Waals surface area contributed by atoms with Crippen molar-refractivity contribution in [1.82, 2.24) is 0 Å². The number of aromatic carboxylic acids is 1. The molecule has 1 radical (unpaired) electrons. The van der Waals surface area contributed by atoms with Gasteiger partial charge in [-0.3, -0.25) is 0 Å². The van der Waals surface area contributed by atoms with Crippen LogP contribution >= 0.6 is 11.3 Å². The maximum atomic E-state index is 10.1. The van der Waals surface area contributed by atoms with E-state index in [0.29, 0.717) is 4.88 Å². The molecule has 0 aliphatic carbocycles. The molecule has 0 saturated heterocycles. The Labute approximate surface area is 72.5 Å². The van der Waals surface area contributed by atoms with E-state index in [1.54, 1.807) is 17.5 Å². The van der Waals surface area contributed by atoms with Gasteiger partial charge in [-0.05, 0) is 11.4 Å². The largest absolute Gasteiger partial charge is 0.477 e. The van der Waals surface area contributed by atoms with Gasteiger partial charge in [0.2, 0.25) is 0 Å². The Hall–Kier alpha value is -0.351. The number of thiophene rings is 1. The summed E-state index contributed by atoms with van der Waals surface area (Å²) in [6, 6.07) is 3.29. The van der Waals surface area contributed by atoms with Crippen LogP contribution in [0.15, 0.2) is 17.5 Å². The van der Waals surface area contributed by atoms with Gasteiger partial charge < -0.3 is 10.6 Å². The van der Waals surface area contributed by atoms with E-state index in [1.807, 2.05) is 0 Å². The Morgan fingerprint density at radius 3 is 2.40 bits per heavy atom. The molecule has 3 N–H and O–H groups in total. The minimum Gasteiger partial charge on any atom is -0.477 e. The summed E-state index contributed by atoms with van der Waals surface area (Å²) in [5, 5.41) is 10.0. The number of carbonyl (C=O) groups is 1. The van der Waals surface area contributed by atoms with Gasteiger partial charge in [0.25, 0.3) is 0 Å². The Balaban J connectivity index is 0. The zero-order chi connectivity index (χ0) is 5.98. The van der Waals surface area contributed by atoms with Crippen molar-refractivity contribution in [3.63, 3.8) is 0 Å². The first kappa shape index (κ1) is 12.3. The summed E-state index contributed by atoms with van der Waals surface area (Å²) < 4.78 is 0. The Kier molecular flexibility index (Phi) is 6.71. The van der Waals surface area contributed by atoms with E-state index in [2.05, 4.69) is 0 Å². The van der Waals surface area contributed by atoms with E-state index in [9.17, 15) is 4.79 Å². The minimum atomic E-state index is -0.847. The zero-order valence-corrected chi connectivity index (χ0v) is 6.56. The topological polar surface area (TPSA) is 68.8 Å². The quantitative estimate of drug-likeness (QED) is 0.689. The summed E-state index contributed by atoms with van der Waals surface area (Å²) in [4.78, 5) is 10.5. The van der Waals surface area contributed by atoms with E-state index in [4.69, 9.17) is 5.11 Å². The van der Waals surface area contributed by atoms with Crippen LogP contribution in [0.25, 0.3) is 0 Å². The molecule has 1 aromatic heterocycles. The maximum Gasteiger partial charge on any atom is 0.345 e. The molecule has 0 aromatic carbocycles. The van der Waals surface area contributed by atoms with Crippen molar-refractivity contribution < 1.29 is 32.4 Å². The van der Waals surface area contributed by atoms with Gasteiger partial charge in [0.05, 0.1) is 0 Å². The summed E-state index contributed by atoms with van der Waals surface area (Å²) in [5.41, 5.74) is 0. The van der Waals surface area contributed by atoms with Crippen LogP contribution in [0.3, 0.4) is 0 Å². The predicted molar refractivity (Wildman–Crippen MR) is 34.9 cm³/mol. The molecule has 0 fully saturated rings. The van der Waals surface area contributed by atoms with Crippen LogP contribution in [-0.2, 0) is 17.1 Å². The van der Waals surface area contributed by atoms with Gasteiger partial charge in [0.1, 0.15) is 4.88 Å². The fraction of sp³-hybridized carbons (Fsp3) is 0. The number of carboxylic acid groups (broad SMARTS) is 1. The summed E-state index contributed by atoms with van der Waals surface area (Å²) in [5.74, 6) is -0.847. The molecule has 10 heavy (non-hydrogen) atoms. The molecule has 61 valence electrons. The van der Waals surface area contributed by atoms with Crippen molar-refractivity contribution in [1.29, 1.82) is 0 Å². The van der Waals surface area contributed by atoms with Crippen molar-refractivity contribution in [3.05, 3.63) is 22.4 Å². The van der Waals surface area contributed by atoms with Gasteiger partial charge in [0.15, 0.2) is 0 Å². The van der Waals surface area contributed by atoms with Gasteiger partial charge in [0, 0.05) is 17.1 Å². The SMILES string of the molecule is O.O=C(O)c1cccs1.[Cu]. The summed E-state index contributed by atoms with van der Waals surface area (Å²) >= 11 is 1.23. The molecule has 0 spiro atoms. The second-order valence-electron chi connectivity index (χ2n) is 1.28. The number of hydrogen-bond donors (Lipinski definition) is 1. The molecule has 0 aliphatic rings. The van der Waals surface area contributed by atoms with Crippen LogP contribution in [0.5, 0.6) is 0 Å². The number of carboxylic acids is 1. The first-order valence-electron chi connectivity index (χ1n) is 2.07. The molecule has 3 nitrogen and oxygen atoms in total. The summed E-state index contributed by atoms with van der Waals surface area (Å²) in [6.45, 7) is 0. The van der Waals surface area contributed by atoms with E-state index < -0.39 is 5.97 Å². The molecule has 1 heterocycles. The third kappa shape index (κ3) is 2.98. The van der Waals surface area contributed by atoms with Crippen molar-refractivity contribution in [2.24, 2.45) is 0 Å². The van der Waals surface area contributed by atoms with Crippen molar-refractivity contribution in [2.75, 3.05) is 0 Å². The van der Waals surface area contributed by atoms with Gasteiger partial charge in [-0.1, -0.05) is 6.07 Å². The molecule has 0 atom stereocenters. The number of hydrogen-bond acceptors (Lipinski definition) is 2. The fourth-order valence-electron chi connectivity index (χ4n) is 0.400.